The number of aliphatic hydroxyl groups excluding tert-OH is 2. The lowest BCUT2D eigenvalue weighted by molar-refractivity contribution is -0.305. The van der Waals surface area contributed by atoms with Crippen molar-refractivity contribution in [1.82, 2.24) is 0 Å². The molecule has 0 spiro atoms. The Morgan fingerprint density at radius 2 is 1.91 bits per heavy atom. The van der Waals surface area contributed by atoms with E-state index in [2.05, 4.69) is 33.8 Å². The van der Waals surface area contributed by atoms with Crippen LogP contribution in [0.2, 0.25) is 0 Å². The summed E-state index contributed by atoms with van der Waals surface area (Å²) in [5.41, 5.74) is 1.60. The van der Waals surface area contributed by atoms with Gasteiger partial charge in [0.2, 0.25) is 0 Å². The normalized spacial score (nSPS) is 51.5. The van der Waals surface area contributed by atoms with E-state index < -0.39 is 6.10 Å². The van der Waals surface area contributed by atoms with Crippen LogP contribution in [0.25, 0.3) is 0 Å². The van der Waals surface area contributed by atoms with Crippen LogP contribution in [-0.2, 0) is 9.78 Å². The fraction of sp³-hybridized carbons (Fsp3) is 0.929. The summed E-state index contributed by atoms with van der Waals surface area (Å²) in [6, 6.07) is 0. The minimum absolute atomic E-state index is 0.0735. The van der Waals surface area contributed by atoms with Crippen LogP contribution >= 0.6 is 0 Å². The molecule has 182 valence electrons. The van der Waals surface area contributed by atoms with Gasteiger partial charge in [0.15, 0.2) is 0 Å². The lowest BCUT2D eigenvalue weighted by Crippen LogP contribution is -2.55. The summed E-state index contributed by atoms with van der Waals surface area (Å²) in [6.07, 6.45) is 14.1. The molecule has 5 aliphatic rings. The van der Waals surface area contributed by atoms with Crippen molar-refractivity contribution in [2.45, 2.75) is 116 Å². The second-order valence-corrected chi connectivity index (χ2v) is 12.9. The highest BCUT2D eigenvalue weighted by molar-refractivity contribution is 5.27. The van der Waals surface area contributed by atoms with Gasteiger partial charge in [-0.25, -0.2) is 9.78 Å². The van der Waals surface area contributed by atoms with E-state index >= 15 is 0 Å². The molecule has 4 fully saturated rings. The molecular formula is C28H46O4. The molecule has 0 aromatic carbocycles. The van der Waals surface area contributed by atoms with Crippen LogP contribution in [0.3, 0.4) is 0 Å². The van der Waals surface area contributed by atoms with Crippen molar-refractivity contribution in [3.05, 3.63) is 11.6 Å². The predicted octanol–water partition coefficient (Wildman–Crippen LogP) is 5.81. The smallest absolute Gasteiger partial charge is 0.103 e. The molecule has 5 rings (SSSR count). The Bertz CT molecular complexity index is 727. The van der Waals surface area contributed by atoms with Crippen LogP contribution in [0, 0.1) is 40.4 Å². The molecule has 4 nitrogen and oxygen atoms in total. The number of allylic oxidation sites excluding steroid dienone is 1. The van der Waals surface area contributed by atoms with E-state index in [0.717, 1.165) is 50.0 Å². The minimum Gasteiger partial charge on any atom is -0.393 e. The van der Waals surface area contributed by atoms with E-state index in [-0.39, 0.29) is 17.1 Å². The first-order valence-corrected chi connectivity index (χ1v) is 13.5. The molecular weight excluding hydrogens is 400 g/mol. The zero-order chi connectivity index (χ0) is 22.7. The molecule has 0 amide bonds. The topological polar surface area (TPSA) is 58.9 Å². The highest BCUT2D eigenvalue weighted by Gasteiger charge is 2.60. The summed E-state index contributed by atoms with van der Waals surface area (Å²) in [7, 11) is 0. The maximum atomic E-state index is 11.1. The standard InChI is InChI=1S/C28H46O4/c1-18(6-5-12-26(2)14-15-31-32-26)22-9-10-23-21-8-7-19-16-20(29)17-25(30)28(19,4)24(21)11-13-27(22,23)3/h7,18,20-25,29-30H,5-6,8-17H2,1-4H3/t18-,20-,21+,22-,23+,24+,25+,26?,27-,28+/m1/s1. The maximum Gasteiger partial charge on any atom is 0.103 e. The second-order valence-electron chi connectivity index (χ2n) is 12.9. The zero-order valence-electron chi connectivity index (χ0n) is 20.8. The third kappa shape index (κ3) is 3.63. The third-order valence-electron chi connectivity index (χ3n) is 11.3. The van der Waals surface area contributed by atoms with Crippen molar-refractivity contribution >= 4 is 0 Å². The lowest BCUT2D eigenvalue weighted by atomic mass is 9.46. The summed E-state index contributed by atoms with van der Waals surface area (Å²) in [4.78, 5) is 10.7. The highest BCUT2D eigenvalue weighted by Crippen LogP contribution is 2.67. The van der Waals surface area contributed by atoms with Crippen LogP contribution in [0.5, 0.6) is 0 Å². The summed E-state index contributed by atoms with van der Waals surface area (Å²) >= 11 is 0. The van der Waals surface area contributed by atoms with Gasteiger partial charge in [0.1, 0.15) is 5.60 Å². The van der Waals surface area contributed by atoms with Gasteiger partial charge in [-0.2, -0.15) is 0 Å². The first-order chi connectivity index (χ1) is 15.2. The Hall–Kier alpha value is -0.420. The summed E-state index contributed by atoms with van der Waals surface area (Å²) in [6.45, 7) is 10.4. The number of rotatable bonds is 5. The van der Waals surface area contributed by atoms with Crippen LogP contribution in [0.15, 0.2) is 11.6 Å². The Labute approximate surface area is 195 Å². The Balaban J connectivity index is 1.27. The molecule has 1 aliphatic heterocycles. The van der Waals surface area contributed by atoms with Crippen molar-refractivity contribution in [1.29, 1.82) is 0 Å². The summed E-state index contributed by atoms with van der Waals surface area (Å²) in [5, 5.41) is 21.4. The Morgan fingerprint density at radius 3 is 2.66 bits per heavy atom. The fourth-order valence-corrected chi connectivity index (χ4v) is 9.33. The molecule has 4 heteroatoms. The summed E-state index contributed by atoms with van der Waals surface area (Å²) in [5.74, 6) is 3.64. The SMILES string of the molecule is C[C@H](CCCC1(C)CCOO1)[C@H]1CC[C@H]2[C@@H]3CC=C4C[C@@H](O)C[C@H](O)[C@]4(C)[C@H]3CC[C@]12C. The molecule has 1 unspecified atom stereocenters. The number of aliphatic hydroxyl groups is 2. The van der Waals surface area contributed by atoms with Crippen LogP contribution in [0.4, 0.5) is 0 Å². The first-order valence-electron chi connectivity index (χ1n) is 13.5. The van der Waals surface area contributed by atoms with Crippen LogP contribution in [0.1, 0.15) is 98.3 Å². The maximum absolute atomic E-state index is 11.1. The minimum atomic E-state index is -0.395. The molecule has 1 saturated heterocycles. The van der Waals surface area contributed by atoms with E-state index in [9.17, 15) is 10.2 Å². The molecule has 10 atom stereocenters. The van der Waals surface area contributed by atoms with Crippen LogP contribution in [-0.4, -0.2) is 34.6 Å². The van der Waals surface area contributed by atoms with Gasteiger partial charge in [-0.1, -0.05) is 45.3 Å². The fourth-order valence-electron chi connectivity index (χ4n) is 9.33. The molecule has 0 aromatic heterocycles. The molecule has 4 aliphatic carbocycles. The molecule has 2 N–H and O–H groups in total. The van der Waals surface area contributed by atoms with Gasteiger partial charge in [-0.15, -0.1) is 0 Å². The van der Waals surface area contributed by atoms with E-state index in [0.29, 0.717) is 23.7 Å². The predicted molar refractivity (Wildman–Crippen MR) is 126 cm³/mol. The van der Waals surface area contributed by atoms with E-state index in [1.165, 1.54) is 44.1 Å². The summed E-state index contributed by atoms with van der Waals surface area (Å²) < 4.78 is 0. The average molecular weight is 447 g/mol. The van der Waals surface area contributed by atoms with Crippen molar-refractivity contribution in [2.24, 2.45) is 40.4 Å². The third-order valence-corrected chi connectivity index (χ3v) is 11.3. The number of hydrogen-bond acceptors (Lipinski definition) is 4. The van der Waals surface area contributed by atoms with Crippen molar-refractivity contribution in [2.75, 3.05) is 6.61 Å². The molecule has 3 saturated carbocycles. The average Bonchev–Trinajstić information content (AvgIpc) is 3.32. The highest BCUT2D eigenvalue weighted by atomic mass is 17.2. The lowest BCUT2D eigenvalue weighted by Gasteiger charge is -2.59. The quantitative estimate of drug-likeness (QED) is 0.413. The second kappa shape index (κ2) is 8.36. The van der Waals surface area contributed by atoms with E-state index in [1.54, 1.807) is 0 Å². The first kappa shape index (κ1) is 23.3. The molecule has 0 bridgehead atoms. The van der Waals surface area contributed by atoms with Gasteiger partial charge in [-0.05, 0) is 86.9 Å². The number of fused-ring (bicyclic) bond motifs is 5. The van der Waals surface area contributed by atoms with Gasteiger partial charge in [0.05, 0.1) is 18.8 Å². The Kier molecular flexibility index (Phi) is 6.09. The number of hydrogen-bond donors (Lipinski definition) is 2. The monoisotopic (exact) mass is 446 g/mol. The Morgan fingerprint density at radius 1 is 1.09 bits per heavy atom. The van der Waals surface area contributed by atoms with Crippen molar-refractivity contribution in [3.63, 3.8) is 0 Å². The van der Waals surface area contributed by atoms with E-state index in [1.807, 2.05) is 0 Å². The van der Waals surface area contributed by atoms with Gasteiger partial charge in [0.25, 0.3) is 0 Å². The molecule has 0 radical (unpaired) electrons. The van der Waals surface area contributed by atoms with Crippen molar-refractivity contribution < 1.29 is 20.0 Å². The van der Waals surface area contributed by atoms with Crippen LogP contribution < -0.4 is 0 Å². The molecule has 1 heterocycles. The molecule has 0 aromatic rings. The zero-order valence-corrected chi connectivity index (χ0v) is 20.8. The van der Waals surface area contributed by atoms with Gasteiger partial charge < -0.3 is 10.2 Å². The van der Waals surface area contributed by atoms with Gasteiger partial charge in [0, 0.05) is 18.3 Å². The van der Waals surface area contributed by atoms with Gasteiger partial charge >= 0.3 is 0 Å². The largest absolute Gasteiger partial charge is 0.393 e. The molecule has 32 heavy (non-hydrogen) atoms. The van der Waals surface area contributed by atoms with Crippen molar-refractivity contribution in [3.8, 4) is 0 Å². The van der Waals surface area contributed by atoms with E-state index in [4.69, 9.17) is 9.78 Å². The van der Waals surface area contributed by atoms with Gasteiger partial charge in [-0.3, -0.25) is 0 Å².